The van der Waals surface area contributed by atoms with Crippen LogP contribution in [0.25, 0.3) is 0 Å². The normalized spacial score (nSPS) is 11.1. The zero-order chi connectivity index (χ0) is 12.3. The van der Waals surface area contributed by atoms with Gasteiger partial charge >= 0.3 is 5.69 Å². The molecule has 0 bridgehead atoms. The summed E-state index contributed by atoms with van der Waals surface area (Å²) in [5.41, 5.74) is -1.62. The number of aromatic amines is 1. The number of aromatic nitrogens is 2. The molecule has 0 spiro atoms. The van der Waals surface area contributed by atoms with Crippen molar-refractivity contribution in [1.82, 2.24) is 9.55 Å². The molecule has 86 valence electrons. The highest BCUT2D eigenvalue weighted by atomic mass is 35.5. The predicted octanol–water partition coefficient (Wildman–Crippen LogP) is 1.13. The average Bonchev–Trinajstić information content (AvgIpc) is 2.22. The molecule has 1 heterocycles. The molecular weight excluding hydrogens is 230 g/mol. The number of aryl methyl sites for hydroxylation is 1. The molecule has 1 aromatic heterocycles. The van der Waals surface area contributed by atoms with Crippen molar-refractivity contribution in [3.63, 3.8) is 0 Å². The molecule has 0 aromatic carbocycles. The standard InChI is InChI=1S/C10H12ClN3O2/c1-10(2,6-12)3-4-14-5-7(11)8(15)13-9(14)16/h5H,3-4H2,1-2H3,(H,13,15,16). The number of rotatable bonds is 3. The highest BCUT2D eigenvalue weighted by molar-refractivity contribution is 6.30. The SMILES string of the molecule is CC(C)(C#N)CCn1cc(Cl)c(=O)[nH]c1=O. The number of hydrogen-bond acceptors (Lipinski definition) is 3. The molecule has 0 aliphatic carbocycles. The van der Waals surface area contributed by atoms with Crippen LogP contribution in [0.15, 0.2) is 15.8 Å². The lowest BCUT2D eigenvalue weighted by Gasteiger charge is -2.15. The van der Waals surface area contributed by atoms with E-state index in [2.05, 4.69) is 11.1 Å². The van der Waals surface area contributed by atoms with Crippen LogP contribution in [0.2, 0.25) is 5.02 Å². The fourth-order valence-corrected chi connectivity index (χ4v) is 1.27. The molecular formula is C10H12ClN3O2. The maximum atomic E-state index is 11.4. The van der Waals surface area contributed by atoms with Crippen LogP contribution < -0.4 is 11.2 Å². The summed E-state index contributed by atoms with van der Waals surface area (Å²) < 4.78 is 1.29. The van der Waals surface area contributed by atoms with Crippen LogP contribution in [0, 0.1) is 16.7 Å². The largest absolute Gasteiger partial charge is 0.328 e. The zero-order valence-corrected chi connectivity index (χ0v) is 9.84. The van der Waals surface area contributed by atoms with Crippen LogP contribution in [0.4, 0.5) is 0 Å². The van der Waals surface area contributed by atoms with Gasteiger partial charge < -0.3 is 0 Å². The zero-order valence-electron chi connectivity index (χ0n) is 9.08. The van der Waals surface area contributed by atoms with Crippen LogP contribution in [-0.2, 0) is 6.54 Å². The van der Waals surface area contributed by atoms with E-state index in [1.165, 1.54) is 10.8 Å². The topological polar surface area (TPSA) is 78.7 Å². The summed E-state index contributed by atoms with van der Waals surface area (Å²) in [5.74, 6) is 0. The first-order valence-corrected chi connectivity index (χ1v) is 5.14. The van der Waals surface area contributed by atoms with E-state index in [1.807, 2.05) is 0 Å². The van der Waals surface area contributed by atoms with Crippen molar-refractivity contribution < 1.29 is 0 Å². The van der Waals surface area contributed by atoms with E-state index in [9.17, 15) is 9.59 Å². The van der Waals surface area contributed by atoms with Gasteiger partial charge in [-0.05, 0) is 20.3 Å². The third-order valence-electron chi connectivity index (χ3n) is 2.25. The number of halogens is 1. The fourth-order valence-electron chi connectivity index (χ4n) is 1.10. The smallest absolute Gasteiger partial charge is 0.299 e. The first-order chi connectivity index (χ1) is 7.35. The Balaban J connectivity index is 2.93. The summed E-state index contributed by atoms with van der Waals surface area (Å²) in [6, 6.07) is 2.14. The third-order valence-corrected chi connectivity index (χ3v) is 2.52. The molecule has 0 aliphatic rings. The summed E-state index contributed by atoms with van der Waals surface area (Å²) in [4.78, 5) is 24.5. The second kappa shape index (κ2) is 4.54. The molecule has 1 aromatic rings. The molecule has 0 fully saturated rings. The molecule has 0 amide bonds. The van der Waals surface area contributed by atoms with Gasteiger partial charge in [-0.1, -0.05) is 11.6 Å². The van der Waals surface area contributed by atoms with E-state index >= 15 is 0 Å². The van der Waals surface area contributed by atoms with Crippen molar-refractivity contribution in [2.75, 3.05) is 0 Å². The lowest BCUT2D eigenvalue weighted by molar-refractivity contribution is 0.406. The van der Waals surface area contributed by atoms with Crippen LogP contribution in [0.3, 0.4) is 0 Å². The molecule has 1 N–H and O–H groups in total. The van der Waals surface area contributed by atoms with Gasteiger partial charge in [-0.15, -0.1) is 0 Å². The highest BCUT2D eigenvalue weighted by Crippen LogP contribution is 2.18. The Morgan fingerprint density at radius 2 is 2.19 bits per heavy atom. The maximum Gasteiger partial charge on any atom is 0.328 e. The fraction of sp³-hybridized carbons (Fsp3) is 0.500. The summed E-state index contributed by atoms with van der Waals surface area (Å²) in [6.45, 7) is 3.91. The Labute approximate surface area is 97.3 Å². The Hall–Kier alpha value is -1.54. The number of H-pyrrole nitrogens is 1. The van der Waals surface area contributed by atoms with Crippen molar-refractivity contribution in [3.05, 3.63) is 32.1 Å². The van der Waals surface area contributed by atoms with Crippen molar-refractivity contribution in [1.29, 1.82) is 5.26 Å². The molecule has 0 unspecified atom stereocenters. The Bertz CT molecular complexity index is 536. The van der Waals surface area contributed by atoms with Crippen LogP contribution in [-0.4, -0.2) is 9.55 Å². The van der Waals surface area contributed by atoms with Gasteiger partial charge in [0.1, 0.15) is 5.02 Å². The molecule has 6 heteroatoms. The van der Waals surface area contributed by atoms with Crippen molar-refractivity contribution in [2.45, 2.75) is 26.8 Å². The second-order valence-electron chi connectivity index (χ2n) is 4.18. The Kier molecular flexibility index (Phi) is 3.55. The monoisotopic (exact) mass is 241 g/mol. The summed E-state index contributed by atoms with van der Waals surface area (Å²) in [7, 11) is 0. The van der Waals surface area contributed by atoms with Crippen LogP contribution >= 0.6 is 11.6 Å². The van der Waals surface area contributed by atoms with E-state index in [1.54, 1.807) is 13.8 Å². The quantitative estimate of drug-likeness (QED) is 0.862. The molecule has 0 saturated heterocycles. The summed E-state index contributed by atoms with van der Waals surface area (Å²) >= 11 is 5.60. The molecule has 5 nitrogen and oxygen atoms in total. The van der Waals surface area contributed by atoms with E-state index in [4.69, 9.17) is 16.9 Å². The lowest BCUT2D eigenvalue weighted by atomic mass is 9.91. The number of nitriles is 1. The van der Waals surface area contributed by atoms with Crippen molar-refractivity contribution in [2.24, 2.45) is 5.41 Å². The molecule has 0 saturated carbocycles. The highest BCUT2D eigenvalue weighted by Gasteiger charge is 2.16. The Morgan fingerprint density at radius 1 is 1.56 bits per heavy atom. The summed E-state index contributed by atoms with van der Waals surface area (Å²) in [5, 5.41) is 8.79. The number of hydrogen-bond donors (Lipinski definition) is 1. The predicted molar refractivity (Wildman–Crippen MR) is 60.3 cm³/mol. The van der Waals surface area contributed by atoms with Crippen molar-refractivity contribution in [3.8, 4) is 6.07 Å². The van der Waals surface area contributed by atoms with Gasteiger partial charge in [0.05, 0.1) is 11.5 Å². The van der Waals surface area contributed by atoms with E-state index < -0.39 is 16.7 Å². The second-order valence-corrected chi connectivity index (χ2v) is 4.58. The minimum Gasteiger partial charge on any atom is -0.299 e. The van der Waals surface area contributed by atoms with Gasteiger partial charge in [-0.25, -0.2) is 4.79 Å². The van der Waals surface area contributed by atoms with E-state index in [0.717, 1.165) is 0 Å². The summed E-state index contributed by atoms with van der Waals surface area (Å²) in [6.07, 6.45) is 1.79. The maximum absolute atomic E-state index is 11.4. The van der Waals surface area contributed by atoms with Crippen molar-refractivity contribution >= 4 is 11.6 Å². The van der Waals surface area contributed by atoms with Crippen LogP contribution in [0.1, 0.15) is 20.3 Å². The lowest BCUT2D eigenvalue weighted by Crippen LogP contribution is -2.30. The van der Waals surface area contributed by atoms with E-state index in [-0.39, 0.29) is 5.02 Å². The molecule has 0 atom stereocenters. The first-order valence-electron chi connectivity index (χ1n) is 4.76. The minimum atomic E-state index is -0.595. The third kappa shape index (κ3) is 2.97. The Morgan fingerprint density at radius 3 is 2.75 bits per heavy atom. The molecule has 0 aliphatic heterocycles. The number of nitrogens with one attached hydrogen (secondary N) is 1. The molecule has 1 rings (SSSR count). The van der Waals surface area contributed by atoms with Gasteiger partial charge in [0.15, 0.2) is 0 Å². The average molecular weight is 242 g/mol. The van der Waals surface area contributed by atoms with E-state index in [0.29, 0.717) is 13.0 Å². The van der Waals surface area contributed by atoms with Gasteiger partial charge in [0, 0.05) is 12.7 Å². The number of nitrogens with zero attached hydrogens (tertiary/aromatic N) is 2. The van der Waals surface area contributed by atoms with Gasteiger partial charge in [-0.3, -0.25) is 14.3 Å². The van der Waals surface area contributed by atoms with Crippen LogP contribution in [0.5, 0.6) is 0 Å². The minimum absolute atomic E-state index is 0.0330. The first kappa shape index (κ1) is 12.5. The van der Waals surface area contributed by atoms with Gasteiger partial charge in [-0.2, -0.15) is 5.26 Å². The van der Waals surface area contributed by atoms with Gasteiger partial charge in [0.2, 0.25) is 0 Å². The van der Waals surface area contributed by atoms with Gasteiger partial charge in [0.25, 0.3) is 5.56 Å². The molecule has 0 radical (unpaired) electrons. The molecule has 16 heavy (non-hydrogen) atoms.